The van der Waals surface area contributed by atoms with Gasteiger partial charge < -0.3 is 0 Å². The SMILES string of the molecule is Cc1cc(C)n2nc(C(=O)N/N=C/c3ccc(F)cc3)nc2n1. The summed E-state index contributed by atoms with van der Waals surface area (Å²) in [6.45, 7) is 3.69. The summed E-state index contributed by atoms with van der Waals surface area (Å²) < 4.78 is 14.3. The van der Waals surface area contributed by atoms with E-state index in [0.717, 1.165) is 11.4 Å². The molecule has 0 saturated carbocycles. The van der Waals surface area contributed by atoms with Gasteiger partial charge in [0.05, 0.1) is 6.21 Å². The predicted octanol–water partition coefficient (Wildman–Crippen LogP) is 1.64. The molecule has 0 aliphatic rings. The molecular formula is C15H13FN6O. The molecule has 0 aliphatic carbocycles. The first-order valence-electron chi connectivity index (χ1n) is 6.83. The number of halogens is 1. The van der Waals surface area contributed by atoms with Crippen LogP contribution in [0.1, 0.15) is 27.6 Å². The van der Waals surface area contributed by atoms with Gasteiger partial charge in [-0.1, -0.05) is 12.1 Å². The van der Waals surface area contributed by atoms with Gasteiger partial charge in [-0.2, -0.15) is 10.1 Å². The standard InChI is InChI=1S/C15H13FN6O/c1-9-7-10(2)22-15(18-9)19-13(21-22)14(23)20-17-8-11-3-5-12(16)6-4-11/h3-8H,1-2H3,(H,20,23)/b17-8+. The summed E-state index contributed by atoms with van der Waals surface area (Å²) >= 11 is 0. The molecule has 1 N–H and O–H groups in total. The van der Waals surface area contributed by atoms with Crippen LogP contribution < -0.4 is 5.43 Å². The smallest absolute Gasteiger partial charge is 0.264 e. The van der Waals surface area contributed by atoms with Crippen LogP contribution in [0.4, 0.5) is 4.39 Å². The molecule has 3 rings (SSSR count). The van der Waals surface area contributed by atoms with Crippen molar-refractivity contribution in [2.75, 3.05) is 0 Å². The first kappa shape index (κ1) is 14.8. The van der Waals surface area contributed by atoms with E-state index in [1.165, 1.54) is 22.9 Å². The van der Waals surface area contributed by atoms with Crippen LogP contribution >= 0.6 is 0 Å². The minimum Gasteiger partial charge on any atom is -0.264 e. The van der Waals surface area contributed by atoms with E-state index in [2.05, 4.69) is 25.6 Å². The third kappa shape index (κ3) is 3.20. The average molecular weight is 312 g/mol. The molecule has 0 fully saturated rings. The Kier molecular flexibility index (Phi) is 3.80. The van der Waals surface area contributed by atoms with Gasteiger partial charge in [0.15, 0.2) is 0 Å². The Morgan fingerprint density at radius 3 is 2.74 bits per heavy atom. The second kappa shape index (κ2) is 5.91. The van der Waals surface area contributed by atoms with Crippen molar-refractivity contribution in [2.24, 2.45) is 5.10 Å². The number of fused-ring (bicyclic) bond motifs is 1. The van der Waals surface area contributed by atoms with E-state index in [9.17, 15) is 9.18 Å². The molecule has 0 aliphatic heterocycles. The minimum absolute atomic E-state index is 0.0255. The number of carbonyl (C=O) groups excluding carboxylic acids is 1. The summed E-state index contributed by atoms with van der Waals surface area (Å²) in [7, 11) is 0. The van der Waals surface area contributed by atoms with Crippen molar-refractivity contribution < 1.29 is 9.18 Å². The molecule has 0 radical (unpaired) electrons. The van der Waals surface area contributed by atoms with Crippen LogP contribution in [0, 0.1) is 19.7 Å². The van der Waals surface area contributed by atoms with Crippen molar-refractivity contribution in [3.05, 3.63) is 58.9 Å². The largest absolute Gasteiger partial charge is 0.311 e. The fraction of sp³-hybridized carbons (Fsp3) is 0.133. The summed E-state index contributed by atoms with van der Waals surface area (Å²) in [5.41, 5.74) is 4.61. The molecule has 8 heteroatoms. The summed E-state index contributed by atoms with van der Waals surface area (Å²) in [5, 5.41) is 7.90. The number of benzene rings is 1. The molecule has 2 heterocycles. The number of amides is 1. The highest BCUT2D eigenvalue weighted by Crippen LogP contribution is 2.05. The van der Waals surface area contributed by atoms with Crippen LogP contribution in [0.15, 0.2) is 35.4 Å². The number of nitrogens with one attached hydrogen (secondary N) is 1. The van der Waals surface area contributed by atoms with E-state index < -0.39 is 5.91 Å². The number of nitrogens with zero attached hydrogens (tertiary/aromatic N) is 5. The molecule has 0 spiro atoms. The number of aromatic nitrogens is 4. The topological polar surface area (TPSA) is 84.5 Å². The van der Waals surface area contributed by atoms with E-state index in [4.69, 9.17) is 0 Å². The number of hydrogen-bond donors (Lipinski definition) is 1. The lowest BCUT2D eigenvalue weighted by atomic mass is 10.2. The average Bonchev–Trinajstić information content (AvgIpc) is 2.93. The van der Waals surface area contributed by atoms with Gasteiger partial charge in [-0.05, 0) is 37.6 Å². The van der Waals surface area contributed by atoms with Crippen molar-refractivity contribution in [1.29, 1.82) is 0 Å². The molecule has 23 heavy (non-hydrogen) atoms. The maximum Gasteiger partial charge on any atom is 0.311 e. The van der Waals surface area contributed by atoms with Gasteiger partial charge in [0.2, 0.25) is 5.82 Å². The fourth-order valence-electron chi connectivity index (χ4n) is 2.03. The first-order chi connectivity index (χ1) is 11.0. The highest BCUT2D eigenvalue weighted by Gasteiger charge is 2.14. The number of hydrazone groups is 1. The van der Waals surface area contributed by atoms with Crippen LogP contribution in [-0.2, 0) is 0 Å². The number of carbonyl (C=O) groups is 1. The zero-order valence-electron chi connectivity index (χ0n) is 12.5. The second-order valence-electron chi connectivity index (χ2n) is 4.94. The van der Waals surface area contributed by atoms with E-state index >= 15 is 0 Å². The molecule has 1 aromatic carbocycles. The molecule has 0 bridgehead atoms. The Morgan fingerprint density at radius 1 is 1.26 bits per heavy atom. The Balaban J connectivity index is 1.75. The van der Waals surface area contributed by atoms with Gasteiger partial charge in [0.1, 0.15) is 5.82 Å². The Hall–Kier alpha value is -3.16. The molecule has 0 unspecified atom stereocenters. The van der Waals surface area contributed by atoms with Gasteiger partial charge >= 0.3 is 5.91 Å². The maximum absolute atomic E-state index is 12.8. The normalized spacial score (nSPS) is 11.3. The van der Waals surface area contributed by atoms with Crippen molar-refractivity contribution in [3.8, 4) is 0 Å². The molecule has 116 valence electrons. The van der Waals surface area contributed by atoms with Crippen LogP contribution in [0.3, 0.4) is 0 Å². The van der Waals surface area contributed by atoms with Crippen LogP contribution in [0.5, 0.6) is 0 Å². The lowest BCUT2D eigenvalue weighted by molar-refractivity contribution is 0.0945. The van der Waals surface area contributed by atoms with Crippen LogP contribution in [0.25, 0.3) is 5.78 Å². The summed E-state index contributed by atoms with van der Waals surface area (Å²) in [6, 6.07) is 7.55. The quantitative estimate of drug-likeness (QED) is 0.588. The molecule has 0 saturated heterocycles. The lowest BCUT2D eigenvalue weighted by Crippen LogP contribution is -2.19. The predicted molar refractivity (Wildman–Crippen MR) is 81.7 cm³/mol. The number of hydrogen-bond acceptors (Lipinski definition) is 5. The highest BCUT2D eigenvalue weighted by molar-refractivity contribution is 5.91. The van der Waals surface area contributed by atoms with Crippen molar-refractivity contribution in [1.82, 2.24) is 25.0 Å². The summed E-state index contributed by atoms with van der Waals surface area (Å²) in [4.78, 5) is 20.3. The number of aryl methyl sites for hydroxylation is 2. The lowest BCUT2D eigenvalue weighted by Gasteiger charge is -1.97. The Bertz CT molecular complexity index is 900. The van der Waals surface area contributed by atoms with Crippen LogP contribution in [-0.4, -0.2) is 31.7 Å². The molecule has 2 aromatic heterocycles. The maximum atomic E-state index is 12.8. The monoisotopic (exact) mass is 312 g/mol. The summed E-state index contributed by atoms with van der Waals surface area (Å²) in [5.74, 6) is -0.554. The van der Waals surface area contributed by atoms with Gasteiger partial charge in [-0.3, -0.25) is 4.79 Å². The van der Waals surface area contributed by atoms with E-state index in [-0.39, 0.29) is 11.6 Å². The molecule has 7 nitrogen and oxygen atoms in total. The van der Waals surface area contributed by atoms with E-state index in [1.54, 1.807) is 12.1 Å². The van der Waals surface area contributed by atoms with Gasteiger partial charge in [-0.15, -0.1) is 5.10 Å². The van der Waals surface area contributed by atoms with E-state index in [0.29, 0.717) is 11.3 Å². The molecule has 3 aromatic rings. The Labute approximate surface area is 130 Å². The molecule has 0 atom stereocenters. The Morgan fingerprint density at radius 2 is 2.00 bits per heavy atom. The number of rotatable bonds is 3. The zero-order valence-corrected chi connectivity index (χ0v) is 12.5. The van der Waals surface area contributed by atoms with Gasteiger partial charge in [0, 0.05) is 11.4 Å². The fourth-order valence-corrected chi connectivity index (χ4v) is 2.03. The van der Waals surface area contributed by atoms with E-state index in [1.807, 2.05) is 19.9 Å². The van der Waals surface area contributed by atoms with Crippen molar-refractivity contribution >= 4 is 17.9 Å². The third-order valence-corrected chi connectivity index (χ3v) is 3.07. The minimum atomic E-state index is -0.550. The van der Waals surface area contributed by atoms with Gasteiger partial charge in [-0.25, -0.2) is 19.3 Å². The molecular weight excluding hydrogens is 299 g/mol. The second-order valence-corrected chi connectivity index (χ2v) is 4.94. The van der Waals surface area contributed by atoms with Gasteiger partial charge in [0.25, 0.3) is 5.78 Å². The third-order valence-electron chi connectivity index (χ3n) is 3.07. The van der Waals surface area contributed by atoms with Crippen molar-refractivity contribution in [3.63, 3.8) is 0 Å². The first-order valence-corrected chi connectivity index (χ1v) is 6.83. The zero-order chi connectivity index (χ0) is 16.4. The van der Waals surface area contributed by atoms with Crippen LogP contribution in [0.2, 0.25) is 0 Å². The highest BCUT2D eigenvalue weighted by atomic mass is 19.1. The summed E-state index contributed by atoms with van der Waals surface area (Å²) in [6.07, 6.45) is 1.40. The molecule has 1 amide bonds. The van der Waals surface area contributed by atoms with Crippen molar-refractivity contribution in [2.45, 2.75) is 13.8 Å².